The standard InChI is InChI=1S/C21H12Cl2N2O3/c22-14-9-8-13(17(23)11-14)10-16-19(26)24-21(28)25(20(16)27)18-7-3-5-12-4-1-2-6-15(12)18/h1-11H,(H,24,26,28)/b16-10-. The van der Waals surface area contributed by atoms with Crippen molar-refractivity contribution in [2.75, 3.05) is 4.90 Å². The molecule has 0 unspecified atom stereocenters. The Hall–Kier alpha value is -3.15. The second-order valence-electron chi connectivity index (χ2n) is 6.12. The fourth-order valence-corrected chi connectivity index (χ4v) is 3.52. The minimum Gasteiger partial charge on any atom is -0.273 e. The Kier molecular flexibility index (Phi) is 4.63. The van der Waals surface area contributed by atoms with Crippen LogP contribution in [0.25, 0.3) is 16.8 Å². The Bertz CT molecular complexity index is 1180. The van der Waals surface area contributed by atoms with Crippen LogP contribution in [0.5, 0.6) is 0 Å². The summed E-state index contributed by atoms with van der Waals surface area (Å²) in [6.45, 7) is 0. The number of carbonyl (C=O) groups is 3. The third-order valence-electron chi connectivity index (χ3n) is 4.37. The normalized spacial score (nSPS) is 16.0. The van der Waals surface area contributed by atoms with Gasteiger partial charge in [0.2, 0.25) is 0 Å². The highest BCUT2D eigenvalue weighted by Gasteiger charge is 2.37. The van der Waals surface area contributed by atoms with Crippen LogP contribution in [0.3, 0.4) is 0 Å². The number of nitrogens with one attached hydrogen (secondary N) is 1. The molecule has 0 atom stereocenters. The predicted octanol–water partition coefficient (Wildman–Crippen LogP) is 4.81. The number of urea groups is 1. The molecule has 0 bridgehead atoms. The number of rotatable bonds is 2. The quantitative estimate of drug-likeness (QED) is 0.486. The molecular formula is C21H12Cl2N2O3. The summed E-state index contributed by atoms with van der Waals surface area (Å²) in [5, 5.41) is 4.51. The van der Waals surface area contributed by atoms with E-state index in [-0.39, 0.29) is 10.6 Å². The number of anilines is 1. The number of hydrogen-bond acceptors (Lipinski definition) is 3. The summed E-state index contributed by atoms with van der Waals surface area (Å²) >= 11 is 12.0. The lowest BCUT2D eigenvalue weighted by Gasteiger charge is -2.27. The van der Waals surface area contributed by atoms with E-state index >= 15 is 0 Å². The summed E-state index contributed by atoms with van der Waals surface area (Å²) in [6.07, 6.45) is 1.35. The number of fused-ring (bicyclic) bond motifs is 1. The number of imide groups is 2. The zero-order valence-corrected chi connectivity index (χ0v) is 15.8. The second-order valence-corrected chi connectivity index (χ2v) is 6.97. The molecular weight excluding hydrogens is 399 g/mol. The van der Waals surface area contributed by atoms with Gasteiger partial charge in [-0.2, -0.15) is 0 Å². The van der Waals surface area contributed by atoms with Crippen LogP contribution in [-0.4, -0.2) is 17.8 Å². The Balaban J connectivity index is 1.83. The Morgan fingerprint density at radius 3 is 2.43 bits per heavy atom. The molecule has 3 aromatic carbocycles. The molecule has 5 nitrogen and oxygen atoms in total. The smallest absolute Gasteiger partial charge is 0.273 e. The maximum atomic E-state index is 13.1. The molecule has 1 fully saturated rings. The average Bonchev–Trinajstić information content (AvgIpc) is 2.66. The maximum Gasteiger partial charge on any atom is 0.335 e. The molecule has 7 heteroatoms. The van der Waals surface area contributed by atoms with Crippen LogP contribution in [0.15, 0.2) is 66.2 Å². The molecule has 1 saturated heterocycles. The lowest BCUT2D eigenvalue weighted by atomic mass is 10.0. The van der Waals surface area contributed by atoms with Crippen LogP contribution in [0.2, 0.25) is 10.0 Å². The number of hydrogen-bond donors (Lipinski definition) is 1. The molecule has 4 rings (SSSR count). The van der Waals surface area contributed by atoms with Gasteiger partial charge in [-0.1, -0.05) is 65.7 Å². The summed E-state index contributed by atoms with van der Waals surface area (Å²) in [6, 6.07) is 16.5. The first-order valence-corrected chi connectivity index (χ1v) is 9.05. The van der Waals surface area contributed by atoms with Gasteiger partial charge in [0, 0.05) is 15.4 Å². The van der Waals surface area contributed by atoms with Crippen molar-refractivity contribution in [3.05, 3.63) is 81.8 Å². The van der Waals surface area contributed by atoms with Crippen molar-refractivity contribution < 1.29 is 14.4 Å². The first-order valence-electron chi connectivity index (χ1n) is 8.30. The van der Waals surface area contributed by atoms with Gasteiger partial charge in [-0.15, -0.1) is 0 Å². The molecule has 138 valence electrons. The highest BCUT2D eigenvalue weighted by molar-refractivity contribution is 6.41. The topological polar surface area (TPSA) is 66.5 Å². The van der Waals surface area contributed by atoms with E-state index in [0.29, 0.717) is 21.7 Å². The number of amides is 4. The number of nitrogens with zero attached hydrogens (tertiary/aromatic N) is 1. The van der Waals surface area contributed by atoms with Gasteiger partial charge in [0.25, 0.3) is 11.8 Å². The lowest BCUT2D eigenvalue weighted by molar-refractivity contribution is -0.122. The van der Waals surface area contributed by atoms with Gasteiger partial charge >= 0.3 is 6.03 Å². The van der Waals surface area contributed by atoms with Gasteiger partial charge in [0.1, 0.15) is 5.57 Å². The van der Waals surface area contributed by atoms with E-state index in [1.54, 1.807) is 30.3 Å². The van der Waals surface area contributed by atoms with E-state index < -0.39 is 17.8 Å². The lowest BCUT2D eigenvalue weighted by Crippen LogP contribution is -2.54. The Morgan fingerprint density at radius 2 is 1.64 bits per heavy atom. The fourth-order valence-electron chi connectivity index (χ4n) is 3.05. The minimum absolute atomic E-state index is 0.197. The van der Waals surface area contributed by atoms with Crippen LogP contribution in [0.1, 0.15) is 5.56 Å². The molecule has 1 aliphatic heterocycles. The molecule has 0 spiro atoms. The van der Waals surface area contributed by atoms with Gasteiger partial charge in [-0.25, -0.2) is 9.69 Å². The molecule has 0 radical (unpaired) electrons. The highest BCUT2D eigenvalue weighted by atomic mass is 35.5. The fraction of sp³-hybridized carbons (Fsp3) is 0. The van der Waals surface area contributed by atoms with Crippen molar-refractivity contribution >= 4 is 63.6 Å². The Morgan fingerprint density at radius 1 is 0.893 bits per heavy atom. The predicted molar refractivity (Wildman–Crippen MR) is 109 cm³/mol. The zero-order chi connectivity index (χ0) is 19.8. The molecule has 1 N–H and O–H groups in total. The van der Waals surface area contributed by atoms with Crippen molar-refractivity contribution in [1.82, 2.24) is 5.32 Å². The summed E-state index contributed by atoms with van der Waals surface area (Å²) in [7, 11) is 0. The summed E-state index contributed by atoms with van der Waals surface area (Å²) in [5.41, 5.74) is 0.634. The summed E-state index contributed by atoms with van der Waals surface area (Å²) in [4.78, 5) is 38.8. The molecule has 28 heavy (non-hydrogen) atoms. The van der Waals surface area contributed by atoms with Gasteiger partial charge < -0.3 is 0 Å². The van der Waals surface area contributed by atoms with Crippen molar-refractivity contribution in [1.29, 1.82) is 0 Å². The molecule has 4 amide bonds. The van der Waals surface area contributed by atoms with E-state index in [1.807, 2.05) is 24.3 Å². The van der Waals surface area contributed by atoms with Crippen LogP contribution in [0.4, 0.5) is 10.5 Å². The summed E-state index contributed by atoms with van der Waals surface area (Å²) in [5.74, 6) is -1.51. The number of benzene rings is 3. The van der Waals surface area contributed by atoms with E-state index in [9.17, 15) is 14.4 Å². The largest absolute Gasteiger partial charge is 0.335 e. The summed E-state index contributed by atoms with van der Waals surface area (Å²) < 4.78 is 0. The molecule has 0 aromatic heterocycles. The Labute approximate surface area is 170 Å². The van der Waals surface area contributed by atoms with Gasteiger partial charge in [0.05, 0.1) is 5.69 Å². The molecule has 1 aliphatic rings. The average molecular weight is 411 g/mol. The van der Waals surface area contributed by atoms with Crippen molar-refractivity contribution in [3.63, 3.8) is 0 Å². The highest BCUT2D eigenvalue weighted by Crippen LogP contribution is 2.30. The molecule has 3 aromatic rings. The van der Waals surface area contributed by atoms with Gasteiger partial charge in [-0.3, -0.25) is 14.9 Å². The second kappa shape index (κ2) is 7.11. The van der Waals surface area contributed by atoms with Crippen molar-refractivity contribution in [2.45, 2.75) is 0 Å². The number of halogens is 2. The first kappa shape index (κ1) is 18.2. The molecule has 1 heterocycles. The van der Waals surface area contributed by atoms with Crippen LogP contribution >= 0.6 is 23.2 Å². The van der Waals surface area contributed by atoms with E-state index in [2.05, 4.69) is 5.32 Å². The minimum atomic E-state index is -0.800. The van der Waals surface area contributed by atoms with Crippen LogP contribution < -0.4 is 10.2 Å². The third-order valence-corrected chi connectivity index (χ3v) is 4.93. The van der Waals surface area contributed by atoms with E-state index in [4.69, 9.17) is 23.2 Å². The monoisotopic (exact) mass is 410 g/mol. The maximum absolute atomic E-state index is 13.1. The van der Waals surface area contributed by atoms with E-state index in [1.165, 1.54) is 12.1 Å². The number of carbonyl (C=O) groups excluding carboxylic acids is 3. The van der Waals surface area contributed by atoms with Crippen molar-refractivity contribution in [3.8, 4) is 0 Å². The molecule has 0 saturated carbocycles. The third kappa shape index (κ3) is 3.15. The SMILES string of the molecule is O=C1NC(=O)N(c2cccc3ccccc23)C(=O)/C1=C\c1ccc(Cl)cc1Cl. The van der Waals surface area contributed by atoms with Gasteiger partial charge in [-0.05, 0) is 35.2 Å². The van der Waals surface area contributed by atoms with E-state index in [0.717, 1.165) is 10.3 Å². The van der Waals surface area contributed by atoms with Gasteiger partial charge in [0.15, 0.2) is 0 Å². The molecule has 0 aliphatic carbocycles. The first-order chi connectivity index (χ1) is 13.5. The zero-order valence-electron chi connectivity index (χ0n) is 14.3. The van der Waals surface area contributed by atoms with Crippen molar-refractivity contribution in [2.24, 2.45) is 0 Å². The van der Waals surface area contributed by atoms with Crippen LogP contribution in [-0.2, 0) is 9.59 Å². The van der Waals surface area contributed by atoms with Crippen LogP contribution in [0, 0.1) is 0 Å². The number of barbiturate groups is 1.